The van der Waals surface area contributed by atoms with Crippen molar-refractivity contribution in [3.8, 4) is 0 Å². The van der Waals surface area contributed by atoms with Crippen LogP contribution in [0.5, 0.6) is 0 Å². The fourth-order valence-electron chi connectivity index (χ4n) is 0.0645. The number of esters is 1. The van der Waals surface area contributed by atoms with Gasteiger partial charge >= 0.3 is 5.97 Å². The zero-order chi connectivity index (χ0) is 7.70. The molecule has 0 atom stereocenters. The minimum Gasteiger partial charge on any atom is -0.467 e. The average molecular weight is 136 g/mol. The lowest BCUT2D eigenvalue weighted by Gasteiger charge is -1.86. The fraction of sp³-hybridized carbons (Fsp3) is 0.800. The van der Waals surface area contributed by atoms with Crippen LogP contribution < -0.4 is 0 Å². The topological polar surface area (TPSA) is 55.8 Å². The molecule has 0 saturated heterocycles. The molecule has 1 N–H and O–H groups in total. The van der Waals surface area contributed by atoms with E-state index < -0.39 is 12.6 Å². The zero-order valence-corrected chi connectivity index (χ0v) is 5.88. The normalized spacial score (nSPS) is 7.11. The Labute approximate surface area is 54.4 Å². The Balaban J connectivity index is 0. The first-order valence-electron chi connectivity index (χ1n) is 2.30. The molecule has 0 aromatic rings. The highest BCUT2D eigenvalue weighted by atomic mass is 16.5. The maximum atomic E-state index is 9.71. The second kappa shape index (κ2) is 10.4. The van der Waals surface area contributed by atoms with Crippen molar-refractivity contribution < 1.29 is 19.4 Å². The van der Waals surface area contributed by atoms with Crippen LogP contribution in [0.15, 0.2) is 0 Å². The standard InChI is InChI=1S/C3H6O3.C2H6O/c1-6-3(5)2-4;1-3-2/h4H,2H2,1H3;1-2H3. The largest absolute Gasteiger partial charge is 0.467 e. The molecule has 0 aliphatic heterocycles. The quantitative estimate of drug-likeness (QED) is 0.490. The van der Waals surface area contributed by atoms with E-state index in [-0.39, 0.29) is 0 Å². The minimum absolute atomic E-state index is 0.531. The molecule has 0 saturated carbocycles. The summed E-state index contributed by atoms with van der Waals surface area (Å²) in [7, 11) is 4.47. The van der Waals surface area contributed by atoms with Crippen LogP contribution >= 0.6 is 0 Å². The highest BCUT2D eigenvalue weighted by molar-refractivity contribution is 5.70. The van der Waals surface area contributed by atoms with Crippen LogP contribution in [0.1, 0.15) is 0 Å². The number of hydrogen-bond donors (Lipinski definition) is 1. The van der Waals surface area contributed by atoms with E-state index >= 15 is 0 Å². The molecule has 0 rings (SSSR count). The molecule has 56 valence electrons. The highest BCUT2D eigenvalue weighted by Gasteiger charge is 1.89. The monoisotopic (exact) mass is 136 g/mol. The number of rotatable bonds is 1. The maximum Gasteiger partial charge on any atom is 0.331 e. The van der Waals surface area contributed by atoms with Gasteiger partial charge in [-0.05, 0) is 0 Å². The first-order chi connectivity index (χ1) is 4.22. The van der Waals surface area contributed by atoms with Crippen LogP contribution in [0.3, 0.4) is 0 Å². The van der Waals surface area contributed by atoms with Crippen molar-refractivity contribution >= 4 is 5.97 Å². The molecule has 0 aliphatic carbocycles. The van der Waals surface area contributed by atoms with E-state index in [4.69, 9.17) is 5.11 Å². The first kappa shape index (κ1) is 11.2. The molecule has 0 aromatic carbocycles. The van der Waals surface area contributed by atoms with Gasteiger partial charge in [-0.25, -0.2) is 4.79 Å². The Morgan fingerprint density at radius 2 is 1.78 bits per heavy atom. The second-order valence-electron chi connectivity index (χ2n) is 1.14. The molecule has 0 aliphatic rings. The zero-order valence-electron chi connectivity index (χ0n) is 5.88. The Hall–Kier alpha value is -0.610. The number of aliphatic hydroxyl groups excluding tert-OH is 1. The highest BCUT2D eigenvalue weighted by Crippen LogP contribution is 1.63. The van der Waals surface area contributed by atoms with Crippen LogP contribution in [0.25, 0.3) is 0 Å². The van der Waals surface area contributed by atoms with Crippen molar-refractivity contribution in [2.75, 3.05) is 27.9 Å². The summed E-state index contributed by atoms with van der Waals surface area (Å²) in [6, 6.07) is 0. The summed E-state index contributed by atoms with van der Waals surface area (Å²) < 4.78 is 8.26. The van der Waals surface area contributed by atoms with Gasteiger partial charge in [0, 0.05) is 14.2 Å². The van der Waals surface area contributed by atoms with Crippen LogP contribution in [-0.2, 0) is 14.3 Å². The maximum absolute atomic E-state index is 9.71. The van der Waals surface area contributed by atoms with Gasteiger partial charge in [0.2, 0.25) is 0 Å². The molecule has 9 heavy (non-hydrogen) atoms. The van der Waals surface area contributed by atoms with Crippen molar-refractivity contribution in [2.24, 2.45) is 0 Å². The third kappa shape index (κ3) is 18.7. The number of carbonyl (C=O) groups is 1. The van der Waals surface area contributed by atoms with E-state index in [2.05, 4.69) is 9.47 Å². The molecule has 0 fully saturated rings. The molecule has 0 amide bonds. The van der Waals surface area contributed by atoms with Gasteiger partial charge in [-0.1, -0.05) is 0 Å². The van der Waals surface area contributed by atoms with Crippen LogP contribution in [-0.4, -0.2) is 39.0 Å². The number of ether oxygens (including phenoxy) is 2. The van der Waals surface area contributed by atoms with E-state index in [1.807, 2.05) is 0 Å². The van der Waals surface area contributed by atoms with E-state index in [0.717, 1.165) is 0 Å². The predicted molar refractivity (Wildman–Crippen MR) is 32.0 cm³/mol. The molecule has 0 spiro atoms. The molecule has 4 nitrogen and oxygen atoms in total. The lowest BCUT2D eigenvalue weighted by molar-refractivity contribution is -0.143. The molecule has 0 radical (unpaired) electrons. The molecule has 4 heteroatoms. The first-order valence-corrected chi connectivity index (χ1v) is 2.30. The van der Waals surface area contributed by atoms with Gasteiger partial charge in [0.05, 0.1) is 7.11 Å². The van der Waals surface area contributed by atoms with Crippen molar-refractivity contribution in [3.63, 3.8) is 0 Å². The predicted octanol–water partition coefficient (Wildman–Crippen LogP) is -0.586. The number of carbonyl (C=O) groups excluding carboxylic acids is 1. The second-order valence-corrected chi connectivity index (χ2v) is 1.14. The third-order valence-electron chi connectivity index (χ3n) is 0.357. The van der Waals surface area contributed by atoms with Gasteiger partial charge in [-0.3, -0.25) is 0 Å². The van der Waals surface area contributed by atoms with Gasteiger partial charge in [0.25, 0.3) is 0 Å². The number of methoxy groups -OCH3 is 2. The van der Waals surface area contributed by atoms with E-state index in [1.54, 1.807) is 14.2 Å². The molecule has 0 heterocycles. The molecule has 0 bridgehead atoms. The molecular weight excluding hydrogens is 124 g/mol. The van der Waals surface area contributed by atoms with E-state index in [0.29, 0.717) is 0 Å². The summed E-state index contributed by atoms with van der Waals surface area (Å²) in [6.07, 6.45) is 0. The molecule has 0 aromatic heterocycles. The summed E-state index contributed by atoms with van der Waals surface area (Å²) in [5.41, 5.74) is 0. The van der Waals surface area contributed by atoms with Crippen molar-refractivity contribution in [1.29, 1.82) is 0 Å². The summed E-state index contributed by atoms with van der Waals surface area (Å²) in [5.74, 6) is -0.602. The minimum atomic E-state index is -0.602. The van der Waals surface area contributed by atoms with E-state index in [9.17, 15) is 4.79 Å². The number of hydrogen-bond acceptors (Lipinski definition) is 4. The van der Waals surface area contributed by atoms with Crippen molar-refractivity contribution in [1.82, 2.24) is 0 Å². The van der Waals surface area contributed by atoms with Gasteiger partial charge in [0.15, 0.2) is 0 Å². The Morgan fingerprint density at radius 1 is 1.44 bits per heavy atom. The molecule has 0 unspecified atom stereocenters. The Morgan fingerprint density at radius 3 is 1.78 bits per heavy atom. The smallest absolute Gasteiger partial charge is 0.331 e. The Bertz CT molecular complexity index is 56.0. The lowest BCUT2D eigenvalue weighted by Crippen LogP contribution is -2.04. The van der Waals surface area contributed by atoms with Gasteiger partial charge in [0.1, 0.15) is 6.61 Å². The summed E-state index contributed by atoms with van der Waals surface area (Å²) in [6.45, 7) is -0.531. The summed E-state index contributed by atoms with van der Waals surface area (Å²) in [5, 5.41) is 7.86. The van der Waals surface area contributed by atoms with Crippen LogP contribution in [0, 0.1) is 0 Å². The van der Waals surface area contributed by atoms with Crippen LogP contribution in [0.4, 0.5) is 0 Å². The third-order valence-corrected chi connectivity index (χ3v) is 0.357. The Kier molecular flexibility index (Phi) is 13.0. The van der Waals surface area contributed by atoms with Crippen LogP contribution in [0.2, 0.25) is 0 Å². The van der Waals surface area contributed by atoms with Gasteiger partial charge < -0.3 is 14.6 Å². The SMILES string of the molecule is COC.COC(=O)CO. The average Bonchev–Trinajstić information content (AvgIpc) is 1.88. The molecular formula is C5H12O4. The van der Waals surface area contributed by atoms with Crippen molar-refractivity contribution in [2.45, 2.75) is 0 Å². The van der Waals surface area contributed by atoms with Gasteiger partial charge in [-0.15, -0.1) is 0 Å². The van der Waals surface area contributed by atoms with Crippen molar-refractivity contribution in [3.05, 3.63) is 0 Å². The fourth-order valence-corrected chi connectivity index (χ4v) is 0.0645. The summed E-state index contributed by atoms with van der Waals surface area (Å²) in [4.78, 5) is 9.71. The van der Waals surface area contributed by atoms with Gasteiger partial charge in [-0.2, -0.15) is 0 Å². The summed E-state index contributed by atoms with van der Waals surface area (Å²) >= 11 is 0. The van der Waals surface area contributed by atoms with E-state index in [1.165, 1.54) is 7.11 Å². The lowest BCUT2D eigenvalue weighted by atomic mass is 10.8. The number of aliphatic hydroxyl groups is 1.